The van der Waals surface area contributed by atoms with Crippen LogP contribution in [0.5, 0.6) is 5.75 Å². The number of rotatable bonds is 10. The SMILES string of the molecule is O=C(Nc1n[nH]c2ccc(S(=O)(=O)c3cccc(F)c3)cc12)c1ccc(OCCn2cccc2)cc1NC1CCOCC1. The minimum Gasteiger partial charge on any atom is -0.492 e. The molecule has 10 nitrogen and oxygen atoms in total. The third-order valence-electron chi connectivity index (χ3n) is 7.28. The number of hydrogen-bond acceptors (Lipinski definition) is 7. The number of sulfone groups is 1. The van der Waals surface area contributed by atoms with Crippen LogP contribution in [0.3, 0.4) is 0 Å². The number of amides is 1. The molecule has 0 unspecified atom stereocenters. The lowest BCUT2D eigenvalue weighted by atomic mass is 10.1. The number of carbonyl (C=O) groups excluding carboxylic acids is 1. The predicted molar refractivity (Wildman–Crippen MR) is 160 cm³/mol. The molecule has 5 aromatic rings. The summed E-state index contributed by atoms with van der Waals surface area (Å²) in [5, 5.41) is 13.7. The molecular weight excluding hydrogens is 573 g/mol. The van der Waals surface area contributed by atoms with E-state index in [4.69, 9.17) is 9.47 Å². The molecule has 0 saturated carbocycles. The van der Waals surface area contributed by atoms with Gasteiger partial charge in [-0.05, 0) is 73.5 Å². The molecule has 0 radical (unpaired) electrons. The molecule has 2 aromatic heterocycles. The summed E-state index contributed by atoms with van der Waals surface area (Å²) in [5.41, 5.74) is 1.52. The molecule has 1 amide bonds. The van der Waals surface area contributed by atoms with Crippen LogP contribution in [0.4, 0.5) is 15.9 Å². The summed E-state index contributed by atoms with van der Waals surface area (Å²) in [6.07, 6.45) is 5.53. The number of hydrogen-bond donors (Lipinski definition) is 3. The molecule has 222 valence electrons. The van der Waals surface area contributed by atoms with Gasteiger partial charge in [0.05, 0.1) is 33.1 Å². The summed E-state index contributed by atoms with van der Waals surface area (Å²) in [7, 11) is -4.01. The Bertz CT molecular complexity index is 1850. The first-order chi connectivity index (χ1) is 20.9. The summed E-state index contributed by atoms with van der Waals surface area (Å²) < 4.78 is 53.6. The molecule has 43 heavy (non-hydrogen) atoms. The molecule has 3 heterocycles. The van der Waals surface area contributed by atoms with Gasteiger partial charge in [0, 0.05) is 43.1 Å². The van der Waals surface area contributed by atoms with E-state index in [2.05, 4.69) is 20.8 Å². The maximum absolute atomic E-state index is 13.8. The van der Waals surface area contributed by atoms with Gasteiger partial charge in [-0.25, -0.2) is 12.8 Å². The fraction of sp³-hybridized carbons (Fsp3) is 0.226. The second kappa shape index (κ2) is 12.3. The fourth-order valence-electron chi connectivity index (χ4n) is 4.98. The summed E-state index contributed by atoms with van der Waals surface area (Å²) in [6, 6.07) is 18.5. The topological polar surface area (TPSA) is 127 Å². The normalized spacial score (nSPS) is 14.1. The molecule has 1 aliphatic heterocycles. The zero-order valence-corrected chi connectivity index (χ0v) is 23.9. The van der Waals surface area contributed by atoms with Crippen molar-refractivity contribution in [2.24, 2.45) is 0 Å². The Morgan fingerprint density at radius 2 is 1.81 bits per heavy atom. The lowest BCUT2D eigenvalue weighted by Gasteiger charge is -2.25. The number of halogens is 1. The Hall–Kier alpha value is -4.68. The van der Waals surface area contributed by atoms with Crippen LogP contribution in [0.15, 0.2) is 95.0 Å². The Kier molecular flexibility index (Phi) is 8.12. The van der Waals surface area contributed by atoms with Crippen molar-refractivity contribution in [2.75, 3.05) is 30.5 Å². The van der Waals surface area contributed by atoms with E-state index in [0.29, 0.717) is 54.3 Å². The highest BCUT2D eigenvalue weighted by Gasteiger charge is 2.22. The minimum absolute atomic E-state index is 0.0502. The standard InChI is InChI=1S/C31H30FN5O5S/c32-21-4-3-5-24(18-21)43(39,40)25-7-9-28-27(20-25)30(36-35-28)34-31(38)26-8-6-23(42-17-14-37-12-1-2-13-37)19-29(26)33-22-10-15-41-16-11-22/h1-9,12-13,18-20,22,33H,10-11,14-17H2,(H2,34,35,36,38). The number of benzene rings is 3. The molecule has 0 spiro atoms. The quantitative estimate of drug-likeness (QED) is 0.199. The van der Waals surface area contributed by atoms with Crippen LogP contribution in [0.25, 0.3) is 10.9 Å². The molecule has 0 aliphatic carbocycles. The molecule has 1 fully saturated rings. The van der Waals surface area contributed by atoms with E-state index >= 15 is 0 Å². The Balaban J connectivity index is 1.25. The van der Waals surface area contributed by atoms with E-state index in [1.807, 2.05) is 35.2 Å². The number of fused-ring (bicyclic) bond motifs is 1. The van der Waals surface area contributed by atoms with Gasteiger partial charge in [-0.3, -0.25) is 9.89 Å². The molecule has 6 rings (SSSR count). The Morgan fingerprint density at radius 3 is 2.60 bits per heavy atom. The van der Waals surface area contributed by atoms with Crippen LogP contribution in [0.1, 0.15) is 23.2 Å². The number of aromatic nitrogens is 3. The first-order valence-electron chi connectivity index (χ1n) is 13.9. The highest BCUT2D eigenvalue weighted by Crippen LogP contribution is 2.30. The van der Waals surface area contributed by atoms with Crippen molar-refractivity contribution in [3.05, 3.63) is 96.6 Å². The molecule has 1 saturated heterocycles. The second-order valence-electron chi connectivity index (χ2n) is 10.2. The van der Waals surface area contributed by atoms with E-state index in [1.165, 1.54) is 30.3 Å². The van der Waals surface area contributed by atoms with Crippen molar-refractivity contribution in [3.63, 3.8) is 0 Å². The molecule has 3 aromatic carbocycles. The number of nitrogens with zero attached hydrogens (tertiary/aromatic N) is 2. The Morgan fingerprint density at radius 1 is 1.02 bits per heavy atom. The van der Waals surface area contributed by atoms with Crippen LogP contribution >= 0.6 is 0 Å². The van der Waals surface area contributed by atoms with Crippen molar-refractivity contribution in [2.45, 2.75) is 35.2 Å². The van der Waals surface area contributed by atoms with Gasteiger partial charge in [-0.2, -0.15) is 5.10 Å². The molecule has 0 atom stereocenters. The number of nitrogens with one attached hydrogen (secondary N) is 3. The van der Waals surface area contributed by atoms with Crippen LogP contribution < -0.4 is 15.4 Å². The molecule has 0 bridgehead atoms. The number of H-pyrrole nitrogens is 1. The van der Waals surface area contributed by atoms with Gasteiger partial charge in [0.15, 0.2) is 5.82 Å². The minimum atomic E-state index is -4.01. The van der Waals surface area contributed by atoms with Gasteiger partial charge in [0.2, 0.25) is 9.84 Å². The monoisotopic (exact) mass is 603 g/mol. The van der Waals surface area contributed by atoms with E-state index in [9.17, 15) is 17.6 Å². The largest absolute Gasteiger partial charge is 0.492 e. The smallest absolute Gasteiger partial charge is 0.258 e. The van der Waals surface area contributed by atoms with Crippen LogP contribution in [0.2, 0.25) is 0 Å². The number of aromatic amines is 1. The lowest BCUT2D eigenvalue weighted by molar-refractivity contribution is 0.0904. The molecular formula is C31H30FN5O5S. The van der Waals surface area contributed by atoms with Crippen molar-refractivity contribution < 1.29 is 27.1 Å². The first kappa shape index (κ1) is 28.4. The van der Waals surface area contributed by atoms with E-state index in [0.717, 1.165) is 18.9 Å². The third-order valence-corrected chi connectivity index (χ3v) is 9.03. The average Bonchev–Trinajstić information content (AvgIpc) is 3.68. The van der Waals surface area contributed by atoms with Gasteiger partial charge < -0.3 is 24.7 Å². The van der Waals surface area contributed by atoms with Gasteiger partial charge in [0.25, 0.3) is 5.91 Å². The fourth-order valence-corrected chi connectivity index (χ4v) is 6.30. The third kappa shape index (κ3) is 6.40. The van der Waals surface area contributed by atoms with Gasteiger partial charge in [-0.15, -0.1) is 0 Å². The van der Waals surface area contributed by atoms with Crippen LogP contribution in [-0.2, 0) is 21.1 Å². The van der Waals surface area contributed by atoms with Gasteiger partial charge in [0.1, 0.15) is 18.2 Å². The van der Waals surface area contributed by atoms with Crippen molar-refractivity contribution in [1.29, 1.82) is 0 Å². The summed E-state index contributed by atoms with van der Waals surface area (Å²) >= 11 is 0. The molecule has 1 aliphatic rings. The zero-order valence-electron chi connectivity index (χ0n) is 23.1. The number of ether oxygens (including phenoxy) is 2. The summed E-state index contributed by atoms with van der Waals surface area (Å²) in [5.74, 6) is -0.294. The lowest BCUT2D eigenvalue weighted by Crippen LogP contribution is -2.29. The average molecular weight is 604 g/mol. The number of carbonyl (C=O) groups is 1. The highest BCUT2D eigenvalue weighted by molar-refractivity contribution is 7.91. The Labute approximate surface area is 247 Å². The van der Waals surface area contributed by atoms with E-state index in [1.54, 1.807) is 18.2 Å². The number of anilines is 2. The van der Waals surface area contributed by atoms with Crippen LogP contribution in [0, 0.1) is 5.82 Å². The van der Waals surface area contributed by atoms with Crippen molar-refractivity contribution in [1.82, 2.24) is 14.8 Å². The second-order valence-corrected chi connectivity index (χ2v) is 12.2. The van der Waals surface area contributed by atoms with Gasteiger partial charge >= 0.3 is 0 Å². The van der Waals surface area contributed by atoms with Crippen molar-refractivity contribution >= 4 is 38.2 Å². The first-order valence-corrected chi connectivity index (χ1v) is 15.4. The zero-order chi connectivity index (χ0) is 29.8. The molecule has 3 N–H and O–H groups in total. The van der Waals surface area contributed by atoms with E-state index < -0.39 is 21.6 Å². The maximum atomic E-state index is 13.8. The van der Waals surface area contributed by atoms with Crippen molar-refractivity contribution in [3.8, 4) is 5.75 Å². The van der Waals surface area contributed by atoms with Gasteiger partial charge in [-0.1, -0.05) is 6.07 Å². The molecule has 12 heteroatoms. The maximum Gasteiger partial charge on any atom is 0.258 e. The summed E-state index contributed by atoms with van der Waals surface area (Å²) in [4.78, 5) is 13.4. The van der Waals surface area contributed by atoms with E-state index in [-0.39, 0.29) is 21.7 Å². The van der Waals surface area contributed by atoms with Crippen LogP contribution in [-0.4, -0.2) is 55.0 Å². The summed E-state index contributed by atoms with van der Waals surface area (Å²) in [6.45, 7) is 2.40. The highest BCUT2D eigenvalue weighted by atomic mass is 32.2. The predicted octanol–water partition coefficient (Wildman–Crippen LogP) is 5.26.